The molecule has 2 rings (SSSR count). The summed E-state index contributed by atoms with van der Waals surface area (Å²) >= 11 is 0. The second kappa shape index (κ2) is 5.20. The largest absolute Gasteiger partial charge is 0.481 e. The molecule has 18 heavy (non-hydrogen) atoms. The van der Waals surface area contributed by atoms with Crippen LogP contribution in [0.5, 0.6) is 0 Å². The summed E-state index contributed by atoms with van der Waals surface area (Å²) in [6.07, 6.45) is 4.73. The minimum atomic E-state index is -0.944. The van der Waals surface area contributed by atoms with Gasteiger partial charge in [0, 0.05) is 13.0 Å². The molecule has 1 aliphatic carbocycles. The van der Waals surface area contributed by atoms with Gasteiger partial charge in [-0.25, -0.2) is 0 Å². The molecule has 0 saturated carbocycles. The maximum atomic E-state index is 12.0. The van der Waals surface area contributed by atoms with Crippen molar-refractivity contribution in [2.75, 3.05) is 6.54 Å². The van der Waals surface area contributed by atoms with Crippen LogP contribution in [0.4, 0.5) is 0 Å². The van der Waals surface area contributed by atoms with Gasteiger partial charge in [-0.05, 0) is 12.8 Å². The van der Waals surface area contributed by atoms with Crippen molar-refractivity contribution in [3.63, 3.8) is 0 Å². The van der Waals surface area contributed by atoms with Crippen LogP contribution >= 0.6 is 0 Å². The number of aliphatic carboxylic acids is 1. The van der Waals surface area contributed by atoms with Crippen LogP contribution < -0.4 is 10.6 Å². The van der Waals surface area contributed by atoms with Gasteiger partial charge in [-0.3, -0.25) is 14.4 Å². The number of hydrogen-bond donors (Lipinski definition) is 3. The second-order valence-corrected chi connectivity index (χ2v) is 4.71. The first kappa shape index (κ1) is 12.6. The van der Waals surface area contributed by atoms with Crippen molar-refractivity contribution in [3.05, 3.63) is 12.2 Å². The van der Waals surface area contributed by atoms with Gasteiger partial charge >= 0.3 is 5.97 Å². The highest BCUT2D eigenvalue weighted by Crippen LogP contribution is 2.26. The molecule has 3 atom stereocenters. The highest BCUT2D eigenvalue weighted by molar-refractivity contribution is 5.87. The Bertz CT molecular complexity index is 405. The highest BCUT2D eigenvalue weighted by atomic mass is 16.4. The van der Waals surface area contributed by atoms with E-state index in [9.17, 15) is 14.4 Å². The molecular formula is C12H16N2O4. The maximum absolute atomic E-state index is 12.0. The summed E-state index contributed by atoms with van der Waals surface area (Å²) in [4.78, 5) is 34.1. The van der Waals surface area contributed by atoms with Gasteiger partial charge in [0.25, 0.3) is 0 Å². The number of nitrogens with one attached hydrogen (secondary N) is 2. The Labute approximate surface area is 104 Å². The van der Waals surface area contributed by atoms with Crippen LogP contribution in [-0.4, -0.2) is 35.5 Å². The Morgan fingerprint density at radius 2 is 1.94 bits per heavy atom. The van der Waals surface area contributed by atoms with E-state index in [0.29, 0.717) is 19.4 Å². The molecule has 98 valence electrons. The first-order valence-corrected chi connectivity index (χ1v) is 6.03. The number of rotatable bonds is 3. The first-order valence-electron chi connectivity index (χ1n) is 6.03. The van der Waals surface area contributed by atoms with E-state index in [4.69, 9.17) is 5.11 Å². The fourth-order valence-electron chi connectivity index (χ4n) is 2.39. The van der Waals surface area contributed by atoms with Crippen molar-refractivity contribution in [2.45, 2.75) is 25.3 Å². The Balaban J connectivity index is 1.96. The molecule has 0 spiro atoms. The third-order valence-corrected chi connectivity index (χ3v) is 3.41. The quantitative estimate of drug-likeness (QED) is 0.599. The van der Waals surface area contributed by atoms with E-state index in [1.807, 2.05) is 6.08 Å². The average Bonchev–Trinajstić information content (AvgIpc) is 2.74. The molecule has 0 radical (unpaired) electrons. The Kier molecular flexibility index (Phi) is 3.64. The zero-order valence-corrected chi connectivity index (χ0v) is 9.89. The standard InChI is InChI=1S/C12H16N2O4/c15-10-5-7(6-13-10)14-11(16)8-3-1-2-4-9(8)12(17)18/h1-2,7-9H,3-6H2,(H,13,15)(H,14,16)(H,17,18). The van der Waals surface area contributed by atoms with Crippen LogP contribution in [0.2, 0.25) is 0 Å². The summed E-state index contributed by atoms with van der Waals surface area (Å²) in [7, 11) is 0. The molecule has 3 unspecified atom stereocenters. The molecule has 0 aromatic carbocycles. The SMILES string of the molecule is O=C1CC(NC(=O)C2CC=CCC2C(=O)O)CN1. The maximum Gasteiger partial charge on any atom is 0.307 e. The van der Waals surface area contributed by atoms with E-state index in [-0.39, 0.29) is 24.3 Å². The molecule has 2 amide bonds. The van der Waals surface area contributed by atoms with Gasteiger partial charge < -0.3 is 15.7 Å². The predicted molar refractivity (Wildman–Crippen MR) is 62.5 cm³/mol. The number of allylic oxidation sites excluding steroid dienone is 2. The molecule has 1 saturated heterocycles. The fraction of sp³-hybridized carbons (Fsp3) is 0.583. The number of carbonyl (C=O) groups excluding carboxylic acids is 2. The lowest BCUT2D eigenvalue weighted by molar-refractivity contribution is -0.147. The monoisotopic (exact) mass is 252 g/mol. The van der Waals surface area contributed by atoms with Crippen LogP contribution in [0.3, 0.4) is 0 Å². The van der Waals surface area contributed by atoms with E-state index < -0.39 is 17.8 Å². The third kappa shape index (κ3) is 2.69. The van der Waals surface area contributed by atoms with Gasteiger partial charge in [0.1, 0.15) is 0 Å². The zero-order chi connectivity index (χ0) is 13.1. The van der Waals surface area contributed by atoms with Crippen molar-refractivity contribution in [1.29, 1.82) is 0 Å². The summed E-state index contributed by atoms with van der Waals surface area (Å²) in [6.45, 7) is 0.421. The van der Waals surface area contributed by atoms with Crippen LogP contribution in [0.25, 0.3) is 0 Å². The van der Waals surface area contributed by atoms with Gasteiger partial charge in [0.2, 0.25) is 11.8 Å². The van der Waals surface area contributed by atoms with Crippen LogP contribution in [0.1, 0.15) is 19.3 Å². The van der Waals surface area contributed by atoms with E-state index >= 15 is 0 Å². The van der Waals surface area contributed by atoms with Gasteiger partial charge in [-0.1, -0.05) is 12.2 Å². The Morgan fingerprint density at radius 1 is 1.28 bits per heavy atom. The topological polar surface area (TPSA) is 95.5 Å². The van der Waals surface area contributed by atoms with Crippen LogP contribution in [0, 0.1) is 11.8 Å². The molecule has 6 nitrogen and oxygen atoms in total. The minimum absolute atomic E-state index is 0.0846. The molecule has 0 aromatic rings. The summed E-state index contributed by atoms with van der Waals surface area (Å²) < 4.78 is 0. The lowest BCUT2D eigenvalue weighted by atomic mass is 9.82. The lowest BCUT2D eigenvalue weighted by Crippen LogP contribution is -2.44. The van der Waals surface area contributed by atoms with Gasteiger partial charge in [-0.15, -0.1) is 0 Å². The predicted octanol–water partition coefficient (Wildman–Crippen LogP) is -0.342. The smallest absolute Gasteiger partial charge is 0.307 e. The highest BCUT2D eigenvalue weighted by Gasteiger charge is 2.35. The summed E-state index contributed by atoms with van der Waals surface area (Å²) in [5, 5.41) is 14.5. The Morgan fingerprint density at radius 3 is 2.50 bits per heavy atom. The molecule has 3 N–H and O–H groups in total. The molecule has 2 aliphatic rings. The van der Waals surface area contributed by atoms with E-state index in [1.165, 1.54) is 0 Å². The molecule has 1 aliphatic heterocycles. The van der Waals surface area contributed by atoms with Crippen molar-refractivity contribution < 1.29 is 19.5 Å². The van der Waals surface area contributed by atoms with Crippen molar-refractivity contribution in [1.82, 2.24) is 10.6 Å². The third-order valence-electron chi connectivity index (χ3n) is 3.41. The fourth-order valence-corrected chi connectivity index (χ4v) is 2.39. The van der Waals surface area contributed by atoms with Gasteiger partial charge in [-0.2, -0.15) is 0 Å². The van der Waals surface area contributed by atoms with E-state index in [0.717, 1.165) is 0 Å². The summed E-state index contributed by atoms with van der Waals surface area (Å²) in [6, 6.07) is -0.217. The minimum Gasteiger partial charge on any atom is -0.481 e. The molecule has 6 heteroatoms. The molecule has 1 heterocycles. The normalized spacial score (nSPS) is 30.9. The Hall–Kier alpha value is -1.85. The van der Waals surface area contributed by atoms with Crippen LogP contribution in [-0.2, 0) is 14.4 Å². The second-order valence-electron chi connectivity index (χ2n) is 4.71. The van der Waals surface area contributed by atoms with Crippen LogP contribution in [0.15, 0.2) is 12.2 Å². The first-order chi connectivity index (χ1) is 8.58. The number of carbonyl (C=O) groups is 3. The van der Waals surface area contributed by atoms with Gasteiger partial charge in [0.05, 0.1) is 17.9 Å². The van der Waals surface area contributed by atoms with Crippen molar-refractivity contribution in [3.8, 4) is 0 Å². The molecule has 1 fully saturated rings. The van der Waals surface area contributed by atoms with Gasteiger partial charge in [0.15, 0.2) is 0 Å². The zero-order valence-electron chi connectivity index (χ0n) is 9.89. The number of carboxylic acids is 1. The summed E-state index contributed by atoms with van der Waals surface area (Å²) in [5.41, 5.74) is 0. The molecule has 0 aromatic heterocycles. The number of amides is 2. The van der Waals surface area contributed by atoms with Crippen molar-refractivity contribution in [2.24, 2.45) is 11.8 Å². The molecular weight excluding hydrogens is 236 g/mol. The average molecular weight is 252 g/mol. The van der Waals surface area contributed by atoms with E-state index in [1.54, 1.807) is 6.08 Å². The number of hydrogen-bond acceptors (Lipinski definition) is 3. The summed E-state index contributed by atoms with van der Waals surface area (Å²) in [5.74, 6) is -2.50. The van der Waals surface area contributed by atoms with Crippen molar-refractivity contribution >= 4 is 17.8 Å². The lowest BCUT2D eigenvalue weighted by Gasteiger charge is -2.25. The molecule has 0 bridgehead atoms. The van der Waals surface area contributed by atoms with E-state index in [2.05, 4.69) is 10.6 Å². The number of carboxylic acid groups (broad SMARTS) is 1.